The number of Topliss-reactive ketones (excluding diaryl/α,β-unsaturated/α-hetero) is 2. The van der Waals surface area contributed by atoms with Crippen LogP contribution in [0.3, 0.4) is 0 Å². The number of hydrogen-bond donors (Lipinski definition) is 3. The molecule has 0 spiro atoms. The number of primary amides is 1. The van der Waals surface area contributed by atoms with Crippen LogP contribution in [0.1, 0.15) is 34.3 Å². The van der Waals surface area contributed by atoms with Gasteiger partial charge in [-0.2, -0.15) is 0 Å². The Morgan fingerprint density at radius 2 is 1.39 bits per heavy atom. The minimum atomic E-state index is -2.17. The van der Waals surface area contributed by atoms with Crippen molar-refractivity contribution in [3.63, 3.8) is 0 Å². The lowest BCUT2D eigenvalue weighted by molar-refractivity contribution is -0.154. The van der Waals surface area contributed by atoms with Crippen LogP contribution in [0.4, 0.5) is 0 Å². The van der Waals surface area contributed by atoms with Gasteiger partial charge in [0, 0.05) is 31.5 Å². The van der Waals surface area contributed by atoms with Crippen molar-refractivity contribution in [2.75, 3.05) is 26.3 Å². The van der Waals surface area contributed by atoms with Crippen LogP contribution in [-0.4, -0.2) is 122 Å². The van der Waals surface area contributed by atoms with E-state index in [0.29, 0.717) is 29.0 Å². The second kappa shape index (κ2) is 16.0. The molecule has 6 unspecified atom stereocenters. The molecule has 4 saturated heterocycles. The molecule has 0 radical (unpaired) electrons. The molecule has 4 fully saturated rings. The number of likely N-dealkylation sites (tertiary alicyclic amines) is 2. The van der Waals surface area contributed by atoms with Crippen LogP contribution in [0.5, 0.6) is 23.0 Å². The van der Waals surface area contributed by atoms with Crippen molar-refractivity contribution < 1.29 is 53.2 Å². The summed E-state index contributed by atoms with van der Waals surface area (Å²) in [6, 6.07) is 23.2. The molecule has 15 nitrogen and oxygen atoms in total. The Morgan fingerprint density at radius 1 is 0.763 bits per heavy atom. The first-order chi connectivity index (χ1) is 28.4. The maximum atomic E-state index is 15.5. The quantitative estimate of drug-likeness (QED) is 0.178. The van der Waals surface area contributed by atoms with Crippen molar-refractivity contribution in [2.45, 2.75) is 61.6 Å². The minimum absolute atomic E-state index is 0.0524. The molecule has 0 saturated carbocycles. The minimum Gasteiger partial charge on any atom is -0.508 e. The van der Waals surface area contributed by atoms with Crippen LogP contribution < -0.4 is 10.5 Å². The van der Waals surface area contributed by atoms with Gasteiger partial charge in [0.1, 0.15) is 54.3 Å². The number of aromatic hydroxyl groups is 2. The van der Waals surface area contributed by atoms with E-state index in [2.05, 4.69) is 0 Å². The first-order valence-corrected chi connectivity index (χ1v) is 19.4. The summed E-state index contributed by atoms with van der Waals surface area (Å²) in [5, 5.41) is 21.1. The Bertz CT molecular complexity index is 2300. The molecule has 4 aliphatic heterocycles. The third-order valence-electron chi connectivity index (χ3n) is 11.6. The molecular weight excluding hydrogens is 761 g/mol. The van der Waals surface area contributed by atoms with Gasteiger partial charge in [0.05, 0.1) is 12.2 Å². The summed E-state index contributed by atoms with van der Waals surface area (Å²) in [6.45, 7) is -0.647. The first kappa shape index (κ1) is 39.3. The Balaban J connectivity index is 1.29. The van der Waals surface area contributed by atoms with Gasteiger partial charge in [0.25, 0.3) is 11.8 Å². The number of carbonyl (C=O) groups is 6. The van der Waals surface area contributed by atoms with Crippen LogP contribution in [-0.2, 0) is 46.3 Å². The highest BCUT2D eigenvalue weighted by atomic mass is 16.5. The Morgan fingerprint density at radius 3 is 2.02 bits per heavy atom. The van der Waals surface area contributed by atoms with E-state index in [-0.39, 0.29) is 61.8 Å². The van der Waals surface area contributed by atoms with Crippen molar-refractivity contribution in [1.29, 1.82) is 0 Å². The molecular formula is C44H42N4O11. The normalized spacial score (nSPS) is 23.1. The van der Waals surface area contributed by atoms with Gasteiger partial charge in [-0.15, -0.1) is 0 Å². The molecule has 4 aromatic rings. The Kier molecular flexibility index (Phi) is 10.6. The Labute approximate surface area is 338 Å². The average molecular weight is 803 g/mol. The predicted octanol–water partition coefficient (Wildman–Crippen LogP) is 2.55. The molecule has 4 aliphatic rings. The Hall–Kier alpha value is -6.58. The van der Waals surface area contributed by atoms with E-state index in [0.717, 1.165) is 9.80 Å². The second-order valence-electron chi connectivity index (χ2n) is 15.1. The number of carbonyl (C=O) groups excluding carboxylic acids is 6. The second-order valence-corrected chi connectivity index (χ2v) is 15.1. The third kappa shape index (κ3) is 7.27. The lowest BCUT2D eigenvalue weighted by Crippen LogP contribution is -2.68. The number of benzene rings is 4. The van der Waals surface area contributed by atoms with E-state index >= 15 is 14.4 Å². The summed E-state index contributed by atoms with van der Waals surface area (Å²) in [5.74, 6) is -3.70. The highest BCUT2D eigenvalue weighted by Gasteiger charge is 2.65. The average Bonchev–Trinajstić information content (AvgIpc) is 4.00. The van der Waals surface area contributed by atoms with Crippen LogP contribution in [0.2, 0.25) is 0 Å². The van der Waals surface area contributed by atoms with Gasteiger partial charge in [-0.1, -0.05) is 42.5 Å². The summed E-state index contributed by atoms with van der Waals surface area (Å²) in [7, 11) is 0. The highest BCUT2D eigenvalue weighted by Crippen LogP contribution is 2.40. The van der Waals surface area contributed by atoms with E-state index < -0.39 is 71.9 Å². The summed E-state index contributed by atoms with van der Waals surface area (Å²) in [6.07, 6.45) is -1.64. The zero-order valence-corrected chi connectivity index (χ0v) is 31.8. The number of fused-ring (bicyclic) bond motifs is 2. The fourth-order valence-corrected chi connectivity index (χ4v) is 8.91. The monoisotopic (exact) mass is 802 g/mol. The smallest absolute Gasteiger partial charge is 0.255 e. The van der Waals surface area contributed by atoms with Crippen LogP contribution >= 0.6 is 0 Å². The van der Waals surface area contributed by atoms with Crippen molar-refractivity contribution in [3.8, 4) is 23.0 Å². The fraction of sp³-hybridized carbons (Fsp3) is 0.318. The molecule has 4 N–H and O–H groups in total. The molecule has 0 aliphatic carbocycles. The number of rotatable bonds is 12. The van der Waals surface area contributed by atoms with E-state index in [4.69, 9.17) is 19.9 Å². The molecule has 6 atom stereocenters. The van der Waals surface area contributed by atoms with Crippen LogP contribution in [0.25, 0.3) is 0 Å². The molecule has 4 heterocycles. The number of ether oxygens (including phenoxy) is 3. The zero-order valence-electron chi connectivity index (χ0n) is 31.8. The molecule has 4 amide bonds. The number of para-hydroxylation sites is 1. The van der Waals surface area contributed by atoms with Gasteiger partial charge in [-0.3, -0.25) is 28.8 Å². The van der Waals surface area contributed by atoms with Crippen LogP contribution in [0, 0.1) is 0 Å². The number of nitrogens with two attached hydrogens (primary N) is 1. The molecule has 0 aromatic heterocycles. The number of phenolic OH excluding ortho intramolecular Hbond substituents is 2. The summed E-state index contributed by atoms with van der Waals surface area (Å²) < 4.78 is 17.3. The zero-order chi connectivity index (χ0) is 41.4. The van der Waals surface area contributed by atoms with Crippen LogP contribution in [0.15, 0.2) is 103 Å². The first-order valence-electron chi connectivity index (χ1n) is 19.4. The number of ketones is 2. The van der Waals surface area contributed by atoms with Gasteiger partial charge in [0.15, 0.2) is 11.6 Å². The standard InChI is InChI=1S/C44H42N4O11/c45-43(56)44-37(52)25-58-38(44)17-19-47(44)42(55)34(23-27-7-5-9-30(50)21-27)48(40(53)28-12-14-32(15-13-28)59-31-10-2-1-3-11-31)33(22-26-6-4-8-29(49)20-26)41(54)46-18-16-36-39(46)35(51)24-57-36/h1-15,20-21,33-34,36,38-39,49-50H,16-19,22-25H2,(H2,45,56). The van der Waals surface area contributed by atoms with Crippen molar-refractivity contribution in [1.82, 2.24) is 14.7 Å². The van der Waals surface area contributed by atoms with Gasteiger partial charge in [-0.25, -0.2) is 0 Å². The molecule has 59 heavy (non-hydrogen) atoms. The molecule has 4 aromatic carbocycles. The largest absolute Gasteiger partial charge is 0.508 e. The van der Waals surface area contributed by atoms with Crippen molar-refractivity contribution in [3.05, 3.63) is 120 Å². The summed E-state index contributed by atoms with van der Waals surface area (Å²) in [5.41, 5.74) is 4.64. The fourth-order valence-electron chi connectivity index (χ4n) is 8.91. The van der Waals surface area contributed by atoms with E-state index in [9.17, 15) is 24.6 Å². The molecule has 304 valence electrons. The summed E-state index contributed by atoms with van der Waals surface area (Å²) in [4.78, 5) is 89.8. The number of hydrogen-bond acceptors (Lipinski definition) is 11. The van der Waals surface area contributed by atoms with Crippen molar-refractivity contribution in [2.24, 2.45) is 5.73 Å². The molecule has 0 bridgehead atoms. The SMILES string of the molecule is NC(=O)C12C(=O)COC1CCN2C(=O)C(Cc1cccc(O)c1)N(C(=O)c1ccc(Oc2ccccc2)cc1)C(Cc1cccc(O)c1)C(=O)N1CCC2OCC(=O)C21. The van der Waals surface area contributed by atoms with Gasteiger partial charge >= 0.3 is 0 Å². The lowest BCUT2D eigenvalue weighted by atomic mass is 9.88. The number of nitrogens with zero attached hydrogens (tertiary/aromatic N) is 3. The molecule has 8 rings (SSSR count). The van der Waals surface area contributed by atoms with Gasteiger partial charge < -0.3 is 44.9 Å². The lowest BCUT2D eigenvalue weighted by Gasteiger charge is -2.42. The van der Waals surface area contributed by atoms with E-state index in [1.807, 2.05) is 18.2 Å². The third-order valence-corrected chi connectivity index (χ3v) is 11.6. The predicted molar refractivity (Wildman–Crippen MR) is 208 cm³/mol. The topological polar surface area (TPSA) is 206 Å². The number of phenols is 2. The van der Waals surface area contributed by atoms with E-state index in [1.54, 1.807) is 48.5 Å². The van der Waals surface area contributed by atoms with Gasteiger partial charge in [0.2, 0.25) is 17.4 Å². The van der Waals surface area contributed by atoms with Crippen molar-refractivity contribution >= 4 is 35.2 Å². The molecule has 15 heteroatoms. The number of amides is 4. The van der Waals surface area contributed by atoms with Gasteiger partial charge in [-0.05, 0) is 84.6 Å². The maximum absolute atomic E-state index is 15.5. The maximum Gasteiger partial charge on any atom is 0.255 e. The van der Waals surface area contributed by atoms with E-state index in [1.165, 1.54) is 41.3 Å². The summed E-state index contributed by atoms with van der Waals surface area (Å²) >= 11 is 0. The highest BCUT2D eigenvalue weighted by molar-refractivity contribution is 6.16.